The maximum absolute atomic E-state index is 12.9. The van der Waals surface area contributed by atoms with Crippen LogP contribution in [0.4, 0.5) is 0 Å². The highest BCUT2D eigenvalue weighted by Gasteiger charge is 2.19. The van der Waals surface area contributed by atoms with Crippen LogP contribution in [0, 0.1) is 6.92 Å². The molecule has 2 aromatic heterocycles. The maximum Gasteiger partial charge on any atom is 0.327 e. The molecule has 0 aliphatic carbocycles. The number of esters is 1. The highest BCUT2D eigenvalue weighted by molar-refractivity contribution is 5.81. The highest BCUT2D eigenvalue weighted by atomic mass is 16.5. The van der Waals surface area contributed by atoms with E-state index in [1.807, 2.05) is 31.2 Å². The van der Waals surface area contributed by atoms with Crippen molar-refractivity contribution < 1.29 is 14.3 Å². The molecule has 0 saturated carbocycles. The van der Waals surface area contributed by atoms with E-state index in [1.54, 1.807) is 6.92 Å². The molecule has 4 rings (SSSR count). The van der Waals surface area contributed by atoms with Gasteiger partial charge in [-0.05, 0) is 41.3 Å². The maximum atomic E-state index is 12.9. The number of fused-ring (bicyclic) bond motifs is 1. The minimum atomic E-state index is -0.391. The molecule has 0 amide bonds. The van der Waals surface area contributed by atoms with Gasteiger partial charge in [-0.15, -0.1) is 5.10 Å². The summed E-state index contributed by atoms with van der Waals surface area (Å²) in [7, 11) is 0. The minimum absolute atomic E-state index is 0.0523. The molecule has 0 spiro atoms. The van der Waals surface area contributed by atoms with E-state index < -0.39 is 5.97 Å². The molecule has 1 saturated heterocycles. The van der Waals surface area contributed by atoms with E-state index >= 15 is 0 Å². The van der Waals surface area contributed by atoms with Crippen molar-refractivity contribution in [2.75, 3.05) is 46.0 Å². The van der Waals surface area contributed by atoms with Gasteiger partial charge in [0, 0.05) is 38.3 Å². The van der Waals surface area contributed by atoms with Gasteiger partial charge in [-0.2, -0.15) is 0 Å². The van der Waals surface area contributed by atoms with Crippen molar-refractivity contribution in [3.8, 4) is 0 Å². The summed E-state index contributed by atoms with van der Waals surface area (Å²) in [5.41, 5.74) is 2.45. The summed E-state index contributed by atoms with van der Waals surface area (Å²) in [5.74, 6) is 0.153. The third-order valence-corrected chi connectivity index (χ3v) is 5.95. The lowest BCUT2D eigenvalue weighted by atomic mass is 10.1. The molecule has 1 aromatic carbocycles. The summed E-state index contributed by atoms with van der Waals surface area (Å²) in [6.45, 7) is 9.54. The normalized spacial score (nSPS) is 14.7. The standard InChI is InChI=1S/C23H31N7O4/c1-3-34-21(31)16-30-20(25-26-27-30)15-29(8-7-28-9-11-33-12-10-28)14-19-13-18-6-4-5-17(2)22(18)24-23(19)32/h4-6,13H,3,7-12,14-16H2,1-2H3,(H,24,32). The van der Waals surface area contributed by atoms with Crippen molar-refractivity contribution in [1.29, 1.82) is 0 Å². The van der Waals surface area contributed by atoms with Gasteiger partial charge < -0.3 is 14.5 Å². The summed E-state index contributed by atoms with van der Waals surface area (Å²) in [6.07, 6.45) is 0. The van der Waals surface area contributed by atoms with Crippen molar-refractivity contribution >= 4 is 16.9 Å². The first kappa shape index (κ1) is 24.0. The fraction of sp³-hybridized carbons (Fsp3) is 0.522. The van der Waals surface area contributed by atoms with Crippen molar-refractivity contribution in [2.45, 2.75) is 33.5 Å². The molecule has 1 fully saturated rings. The number of aryl methyl sites for hydroxylation is 1. The summed E-state index contributed by atoms with van der Waals surface area (Å²) in [4.78, 5) is 32.4. The number of nitrogens with one attached hydrogen (secondary N) is 1. The van der Waals surface area contributed by atoms with Crippen LogP contribution in [0.15, 0.2) is 29.1 Å². The topological polar surface area (TPSA) is 118 Å². The largest absolute Gasteiger partial charge is 0.465 e. The second kappa shape index (κ2) is 11.3. The molecule has 34 heavy (non-hydrogen) atoms. The number of pyridine rings is 1. The minimum Gasteiger partial charge on any atom is -0.465 e. The van der Waals surface area contributed by atoms with Crippen LogP contribution in [0.3, 0.4) is 0 Å². The fourth-order valence-electron chi connectivity index (χ4n) is 4.10. The van der Waals surface area contributed by atoms with Crippen LogP contribution in [0.5, 0.6) is 0 Å². The predicted octanol–water partition coefficient (Wildman–Crippen LogP) is 0.721. The lowest BCUT2D eigenvalue weighted by Crippen LogP contribution is -2.41. The molecule has 11 heteroatoms. The van der Waals surface area contributed by atoms with E-state index in [9.17, 15) is 9.59 Å². The zero-order chi connectivity index (χ0) is 23.9. The quantitative estimate of drug-likeness (QED) is 0.429. The molecule has 11 nitrogen and oxygen atoms in total. The second-order valence-electron chi connectivity index (χ2n) is 8.39. The Morgan fingerprint density at radius 2 is 2.09 bits per heavy atom. The van der Waals surface area contributed by atoms with Gasteiger partial charge >= 0.3 is 5.97 Å². The number of hydrogen-bond acceptors (Lipinski definition) is 9. The van der Waals surface area contributed by atoms with Crippen molar-refractivity contribution in [3.05, 3.63) is 51.6 Å². The Labute approximate surface area is 197 Å². The number of morpholine rings is 1. The Bertz CT molecular complexity index is 1170. The Hall–Kier alpha value is -3.15. The average molecular weight is 470 g/mol. The van der Waals surface area contributed by atoms with Crippen LogP contribution in [0.1, 0.15) is 23.9 Å². The van der Waals surface area contributed by atoms with Gasteiger partial charge in [0.05, 0.1) is 31.9 Å². The predicted molar refractivity (Wildman–Crippen MR) is 125 cm³/mol. The number of carbonyl (C=O) groups excluding carboxylic acids is 1. The van der Waals surface area contributed by atoms with Crippen LogP contribution >= 0.6 is 0 Å². The van der Waals surface area contributed by atoms with Crippen molar-refractivity contribution in [2.24, 2.45) is 0 Å². The highest BCUT2D eigenvalue weighted by Crippen LogP contribution is 2.16. The van der Waals surface area contributed by atoms with Gasteiger partial charge in [0.15, 0.2) is 5.82 Å². The molecule has 3 heterocycles. The number of carbonyl (C=O) groups is 1. The second-order valence-corrected chi connectivity index (χ2v) is 8.39. The smallest absolute Gasteiger partial charge is 0.327 e. The Balaban J connectivity index is 1.54. The third kappa shape index (κ3) is 6.04. The number of aromatic nitrogens is 5. The van der Waals surface area contributed by atoms with E-state index in [2.05, 4.69) is 30.3 Å². The first-order valence-corrected chi connectivity index (χ1v) is 11.6. The van der Waals surface area contributed by atoms with Crippen LogP contribution < -0.4 is 5.56 Å². The van der Waals surface area contributed by atoms with Gasteiger partial charge in [0.25, 0.3) is 5.56 Å². The van der Waals surface area contributed by atoms with Crippen LogP contribution in [-0.4, -0.2) is 87.0 Å². The van der Waals surface area contributed by atoms with Crippen LogP contribution in [0.2, 0.25) is 0 Å². The number of benzene rings is 1. The van der Waals surface area contributed by atoms with E-state index in [-0.39, 0.29) is 12.1 Å². The van der Waals surface area contributed by atoms with Gasteiger partial charge in [-0.25, -0.2) is 4.68 Å². The molecular formula is C23H31N7O4. The Kier molecular flexibility index (Phi) is 7.99. The zero-order valence-corrected chi connectivity index (χ0v) is 19.7. The van der Waals surface area contributed by atoms with Gasteiger partial charge in [0.1, 0.15) is 6.54 Å². The summed E-state index contributed by atoms with van der Waals surface area (Å²) >= 11 is 0. The number of aromatic amines is 1. The Morgan fingerprint density at radius 3 is 2.88 bits per heavy atom. The van der Waals surface area contributed by atoms with Crippen molar-refractivity contribution in [1.82, 2.24) is 35.0 Å². The molecule has 3 aromatic rings. The van der Waals surface area contributed by atoms with Gasteiger partial charge in [-0.1, -0.05) is 18.2 Å². The monoisotopic (exact) mass is 469 g/mol. The molecule has 1 N–H and O–H groups in total. The SMILES string of the molecule is CCOC(=O)Cn1nnnc1CN(CCN1CCOCC1)Cc1cc2cccc(C)c2[nH]c1=O. The molecule has 182 valence electrons. The zero-order valence-electron chi connectivity index (χ0n) is 19.7. The number of nitrogens with zero attached hydrogens (tertiary/aromatic N) is 6. The number of ether oxygens (including phenoxy) is 2. The lowest BCUT2D eigenvalue weighted by molar-refractivity contribution is -0.144. The first-order valence-electron chi connectivity index (χ1n) is 11.6. The van der Waals surface area contributed by atoms with E-state index in [4.69, 9.17) is 9.47 Å². The summed E-state index contributed by atoms with van der Waals surface area (Å²) in [5, 5.41) is 12.8. The number of para-hydroxylation sites is 1. The number of H-pyrrole nitrogens is 1. The molecule has 0 bridgehead atoms. The molecular weight excluding hydrogens is 438 g/mol. The summed E-state index contributed by atoms with van der Waals surface area (Å²) in [6, 6.07) is 7.92. The van der Waals surface area contributed by atoms with E-state index in [1.165, 1.54) is 4.68 Å². The number of tetrazole rings is 1. The van der Waals surface area contributed by atoms with Crippen molar-refractivity contribution in [3.63, 3.8) is 0 Å². The van der Waals surface area contributed by atoms with E-state index in [0.29, 0.717) is 37.6 Å². The molecule has 1 aliphatic rings. The van der Waals surface area contributed by atoms with Crippen LogP contribution in [0.25, 0.3) is 10.9 Å². The van der Waals surface area contributed by atoms with E-state index in [0.717, 1.165) is 49.3 Å². The lowest BCUT2D eigenvalue weighted by Gasteiger charge is -2.29. The summed E-state index contributed by atoms with van der Waals surface area (Å²) < 4.78 is 11.9. The molecule has 0 unspecified atom stereocenters. The molecule has 0 atom stereocenters. The number of rotatable bonds is 10. The van der Waals surface area contributed by atoms with Gasteiger partial charge in [0.2, 0.25) is 0 Å². The number of hydrogen-bond donors (Lipinski definition) is 1. The molecule has 0 radical (unpaired) electrons. The fourth-order valence-corrected chi connectivity index (χ4v) is 4.10. The first-order chi connectivity index (χ1) is 16.5. The molecule has 1 aliphatic heterocycles. The Morgan fingerprint density at radius 1 is 1.26 bits per heavy atom. The van der Waals surface area contributed by atoms with Gasteiger partial charge in [-0.3, -0.25) is 19.4 Å². The van der Waals surface area contributed by atoms with Crippen LogP contribution in [-0.2, 0) is 33.9 Å². The average Bonchev–Trinajstić information content (AvgIpc) is 3.25. The third-order valence-electron chi connectivity index (χ3n) is 5.95.